The van der Waals surface area contributed by atoms with Crippen LogP contribution >= 0.6 is 0 Å². The molecule has 0 bridgehead atoms. The molecule has 118 heavy (non-hydrogen) atoms. The number of nitrogens with zero attached hydrogens (tertiary/aromatic N) is 17. The predicted molar refractivity (Wildman–Crippen MR) is 452 cm³/mol. The molecule has 0 unspecified atom stereocenters. The molecule has 9 heterocycles. The molecule has 7 aliphatic rings. The first-order chi connectivity index (χ1) is 56.5. The van der Waals surface area contributed by atoms with Gasteiger partial charge in [0.1, 0.15) is 35.1 Å². The first-order valence-corrected chi connectivity index (χ1v) is 39.2. The van der Waals surface area contributed by atoms with Crippen LogP contribution in [0.15, 0.2) is 99.4 Å². The highest BCUT2D eigenvalue weighted by Gasteiger charge is 2.32. The molecular formula is C82H104N22O14. The Morgan fingerprint density at radius 3 is 1.71 bits per heavy atom. The van der Waals surface area contributed by atoms with Crippen molar-refractivity contribution in [3.63, 3.8) is 0 Å². The number of aliphatic hydroxyl groups is 4. The van der Waals surface area contributed by atoms with Crippen LogP contribution in [0.5, 0.6) is 0 Å². The molecule has 0 amide bonds. The Morgan fingerprint density at radius 1 is 0.593 bits per heavy atom. The third kappa shape index (κ3) is 21.9. The Kier molecular flexibility index (Phi) is 30.3. The molecule has 13 rings (SSSR count). The van der Waals surface area contributed by atoms with Gasteiger partial charge in [-0.25, -0.2) is 39.5 Å². The van der Waals surface area contributed by atoms with Crippen molar-refractivity contribution < 1.29 is 39.5 Å². The zero-order chi connectivity index (χ0) is 85.2. The fourth-order valence-corrected chi connectivity index (χ4v) is 14.0. The number of anilines is 8. The van der Waals surface area contributed by atoms with Gasteiger partial charge in [-0.05, 0) is 131 Å². The Labute approximate surface area is 678 Å². The summed E-state index contributed by atoms with van der Waals surface area (Å²) in [5, 5.41) is 52.3. The summed E-state index contributed by atoms with van der Waals surface area (Å²) in [5.41, 5.74) is 9.21. The average molecular weight is 1620 g/mol. The van der Waals surface area contributed by atoms with Crippen molar-refractivity contribution in [2.24, 2.45) is 9.98 Å². The molecular weight excluding hydrogens is 1520 g/mol. The summed E-state index contributed by atoms with van der Waals surface area (Å²) in [6.45, 7) is 18.7. The number of Topliss-reactive ketones (excluding diaryl/α,β-unsaturated/α-hetero) is 1. The number of ether oxygens (including phenoxy) is 2. The highest BCUT2D eigenvalue weighted by Crippen LogP contribution is 2.40. The first-order valence-electron chi connectivity index (χ1n) is 39.2. The number of ketones is 1. The predicted octanol–water partition coefficient (Wildman–Crippen LogP) is 3.33. The van der Waals surface area contributed by atoms with Gasteiger partial charge >= 0.3 is 17.3 Å². The molecule has 36 nitrogen and oxygen atoms in total. The number of methoxy groups -OCH3 is 1. The van der Waals surface area contributed by atoms with Gasteiger partial charge in [-0.2, -0.15) is 15.2 Å². The molecule has 0 radical (unpaired) electrons. The normalized spacial score (nSPS) is 13.5. The van der Waals surface area contributed by atoms with E-state index in [0.29, 0.717) is 96.2 Å². The van der Waals surface area contributed by atoms with Crippen LogP contribution in [0.4, 0.5) is 57.1 Å². The molecule has 1 fully saturated rings. The number of aliphatic hydroxyl groups excluding tert-OH is 4. The lowest BCUT2D eigenvalue weighted by Crippen LogP contribution is -2.48. The zero-order valence-corrected chi connectivity index (χ0v) is 68.4. The lowest BCUT2D eigenvalue weighted by molar-refractivity contribution is -0.140. The second-order valence-electron chi connectivity index (χ2n) is 29.7. The number of aromatic nitrogens is 12. The van der Waals surface area contributed by atoms with Crippen LogP contribution in [-0.2, 0) is 32.2 Å². The smallest absolute Gasteiger partial charge is 0.349 e. The minimum absolute atomic E-state index is 0.0572. The summed E-state index contributed by atoms with van der Waals surface area (Å²) in [7, 11) is 13.2. The number of β-amino-alcohol motifs (C(OH)–C–C–N with tert-alkyl or cyclic N) is 1. The monoisotopic (exact) mass is 1620 g/mol. The van der Waals surface area contributed by atoms with Crippen molar-refractivity contribution in [3.05, 3.63) is 156 Å². The number of nitrogens with one attached hydrogen (secondary N) is 5. The molecule has 7 aliphatic heterocycles. The maximum absolute atomic E-state index is 12.6. The molecule has 3 atom stereocenters. The number of carbonyl (C=O) groups is 2. The highest BCUT2D eigenvalue weighted by molar-refractivity contribution is 5.86. The van der Waals surface area contributed by atoms with Gasteiger partial charge in [0.25, 0.3) is 22.2 Å². The summed E-state index contributed by atoms with van der Waals surface area (Å²) in [6, 6.07) is 21.6. The molecule has 4 aromatic carbocycles. The summed E-state index contributed by atoms with van der Waals surface area (Å²) < 4.78 is 13.9. The number of fused-ring (bicyclic) bond motifs is 8. The van der Waals surface area contributed by atoms with Crippen molar-refractivity contribution in [1.82, 2.24) is 63.9 Å². The standard InChI is InChI=1S/C23H32N6O6.C21H27N5O4.C20H25N5O3.C18H20N6O/c1-13-9-16-17(10-15(13)24-3-4-28-5-7-35-8-6-28)29(11-18(31)21(33)19(32)12-30)22-20(27-16)23(34)26-14(2)25-22;1-13-11-14-16(12-15(13)25(2)3)26(10-8-6-5-7-9-17(27)30-4)19-18(22-14)20(28)24-21(29)23-19;1-13(26)8-6-4-5-7-11-25-16-12-14(24(2)3)9-10-15(16)21-17-18(25)22-20(28)23-19(17)27;1-12-20-17-16(18(25)21-12)22-14-8-7-13(23(2)3)11-15(14)24(17)10-6-4-5-9-19/h9-10,18-19,21,24,30-33H,2-8,11-12H2,1H3,(H,26,34);11-12H,5-10H2,1-4H3,(H,24,28,29);9-10,12H,4-8,11H2,1-3H3,(H,23,27,28);7-8,11H,1,4-6,10H2,2-3H3,(H,21,25)/t18-,19+,21-;;;/m0.../s1. The summed E-state index contributed by atoms with van der Waals surface area (Å²) in [6.07, 6.45) is 5.57. The summed E-state index contributed by atoms with van der Waals surface area (Å²) in [4.78, 5) is 152. The lowest BCUT2D eigenvalue weighted by atomic mass is 10.1. The van der Waals surface area contributed by atoms with Gasteiger partial charge in [-0.3, -0.25) is 38.8 Å². The minimum atomic E-state index is -1.61. The third-order valence-electron chi connectivity index (χ3n) is 20.2. The highest BCUT2D eigenvalue weighted by atomic mass is 16.5. The minimum Gasteiger partial charge on any atom is -0.469 e. The fraction of sp³-hybridized carbons (Fsp3) is 0.451. The first kappa shape index (κ1) is 88.1. The van der Waals surface area contributed by atoms with E-state index in [4.69, 9.17) is 15.1 Å². The quantitative estimate of drug-likeness (QED) is 0.0177. The number of aryl methyl sites for hydroxylation is 4. The van der Waals surface area contributed by atoms with Gasteiger partial charge in [-0.1, -0.05) is 38.8 Å². The number of benzene rings is 4. The topological polar surface area (TPSA) is 466 Å². The Morgan fingerprint density at radius 2 is 1.14 bits per heavy atom. The number of H-pyrrole nitrogens is 4. The van der Waals surface area contributed by atoms with Crippen LogP contribution in [0.1, 0.15) is 102 Å². The summed E-state index contributed by atoms with van der Waals surface area (Å²) in [5.74, 6) is 1.31. The molecule has 0 aliphatic carbocycles. The van der Waals surface area contributed by atoms with Crippen LogP contribution in [-0.4, -0.2) is 223 Å². The van der Waals surface area contributed by atoms with E-state index in [1.54, 1.807) is 11.8 Å². The van der Waals surface area contributed by atoms with Crippen molar-refractivity contribution in [3.8, 4) is 29.1 Å². The second kappa shape index (κ2) is 40.5. The van der Waals surface area contributed by atoms with E-state index in [2.05, 4.69) is 94.0 Å². The van der Waals surface area contributed by atoms with E-state index in [1.165, 1.54) is 7.11 Å². The zero-order valence-electron chi connectivity index (χ0n) is 68.4. The number of esters is 1. The van der Waals surface area contributed by atoms with Gasteiger partial charge in [0.2, 0.25) is 0 Å². The lowest BCUT2D eigenvalue weighted by Gasteiger charge is -2.32. The van der Waals surface area contributed by atoms with Crippen LogP contribution < -0.4 is 85.1 Å². The number of aromatic amines is 4. The molecule has 9 N–H and O–H groups in total. The maximum Gasteiger partial charge on any atom is 0.349 e. The SMILES string of the molecule is C=c1nc2c(c(=O)[nH]1)=Nc1cc(C)c(NCCN3CCOCC3)cc1N2C[C@H](O)[C@H](O)[C@H](O)CO.C=c1nc2c(c(=O)[nH]1)=Nc1ccc(N(C)C)cc1N2CCCCC#N.CC(=O)CCCCCCn1c2nc(=O)[nH]c(=O)c-2nc2ccc(N(C)C)cc21.COC(=O)CCCCCCn1c2nc(=O)[nH]c(=O)c-2nc2cc(C)c(N(C)C)cc21. The number of morpholine rings is 1. The molecule has 626 valence electrons. The van der Waals surface area contributed by atoms with Gasteiger partial charge in [0.05, 0.1) is 84.4 Å². The van der Waals surface area contributed by atoms with Crippen molar-refractivity contribution >= 4 is 104 Å². The van der Waals surface area contributed by atoms with E-state index < -0.39 is 53.0 Å². The average Bonchev–Trinajstić information content (AvgIpc) is 0.773. The number of hydrogen-bond acceptors (Lipinski definition) is 30. The van der Waals surface area contributed by atoms with Crippen LogP contribution in [0.25, 0.3) is 58.3 Å². The van der Waals surface area contributed by atoms with E-state index in [1.807, 2.05) is 146 Å². The fourth-order valence-electron chi connectivity index (χ4n) is 14.0. The van der Waals surface area contributed by atoms with Crippen molar-refractivity contribution in [1.29, 1.82) is 5.26 Å². The summed E-state index contributed by atoms with van der Waals surface area (Å²) >= 11 is 0. The Bertz CT molecular complexity index is 5870. The number of unbranched alkanes of at least 4 members (excludes halogenated alkanes) is 8. The number of carbonyl (C=O) groups excluding carboxylic acids is 2. The molecule has 1 saturated heterocycles. The molecule has 0 spiro atoms. The molecule has 2 aromatic heterocycles. The van der Waals surface area contributed by atoms with Crippen LogP contribution in [0.2, 0.25) is 0 Å². The number of rotatable bonds is 30. The van der Waals surface area contributed by atoms with E-state index >= 15 is 0 Å². The van der Waals surface area contributed by atoms with Crippen molar-refractivity contribution in [2.45, 2.75) is 136 Å². The molecule has 6 aromatic rings. The second-order valence-corrected chi connectivity index (χ2v) is 29.7. The van der Waals surface area contributed by atoms with Gasteiger partial charge in [0, 0.05) is 130 Å². The van der Waals surface area contributed by atoms with E-state index in [0.717, 1.165) is 153 Å². The Hall–Kier alpha value is -12.3. The molecule has 36 heteroatoms. The van der Waals surface area contributed by atoms with Gasteiger partial charge < -0.3 is 83.6 Å². The largest absolute Gasteiger partial charge is 0.469 e. The Balaban J connectivity index is 0.000000167. The third-order valence-corrected chi connectivity index (χ3v) is 20.2. The van der Waals surface area contributed by atoms with E-state index in [9.17, 15) is 53.7 Å². The maximum atomic E-state index is 12.6. The van der Waals surface area contributed by atoms with Gasteiger partial charge in [0.15, 0.2) is 45.4 Å². The van der Waals surface area contributed by atoms with Crippen LogP contribution in [0.3, 0.4) is 0 Å². The number of nitriles is 1. The number of hydrogen-bond donors (Lipinski definition) is 9. The van der Waals surface area contributed by atoms with Crippen LogP contribution in [0, 0.1) is 25.2 Å². The van der Waals surface area contributed by atoms with E-state index in [-0.39, 0.29) is 51.9 Å². The van der Waals surface area contributed by atoms with Crippen molar-refractivity contribution in [2.75, 3.05) is 138 Å². The molecule has 0 saturated carbocycles. The van der Waals surface area contributed by atoms with Gasteiger partial charge in [-0.15, -0.1) is 0 Å².